The normalized spacial score (nSPS) is 10.3. The Balaban J connectivity index is 2.31. The molecule has 0 spiro atoms. The van der Waals surface area contributed by atoms with E-state index in [0.717, 1.165) is 23.4 Å². The van der Waals surface area contributed by atoms with E-state index in [9.17, 15) is 0 Å². The van der Waals surface area contributed by atoms with Crippen molar-refractivity contribution in [1.29, 1.82) is 0 Å². The minimum absolute atomic E-state index is 0.441. The van der Waals surface area contributed by atoms with Gasteiger partial charge in [-0.05, 0) is 18.6 Å². The van der Waals surface area contributed by atoms with Crippen molar-refractivity contribution in [2.45, 2.75) is 13.3 Å². The zero-order valence-corrected chi connectivity index (χ0v) is 12.0. The van der Waals surface area contributed by atoms with E-state index in [2.05, 4.69) is 9.97 Å². The second-order valence-electron chi connectivity index (χ2n) is 4.30. The number of anilines is 1. The van der Waals surface area contributed by atoms with Crippen LogP contribution in [-0.2, 0) is 6.42 Å². The fraction of sp³-hybridized carbons (Fsp3) is 0.286. The first kappa shape index (κ1) is 13.6. The summed E-state index contributed by atoms with van der Waals surface area (Å²) in [6.07, 6.45) is 2.13. The first-order valence-corrected chi connectivity index (χ1v) is 6.44. The highest BCUT2D eigenvalue weighted by atomic mass is 35.5. The molecule has 0 aliphatic heterocycles. The van der Waals surface area contributed by atoms with Gasteiger partial charge in [0.2, 0.25) is 5.88 Å². The Bertz CT molecular complexity index is 572. The van der Waals surface area contributed by atoms with Crippen LogP contribution >= 0.6 is 11.6 Å². The molecule has 0 saturated heterocycles. The molecule has 0 radical (unpaired) electrons. The maximum absolute atomic E-state index is 6.04. The summed E-state index contributed by atoms with van der Waals surface area (Å²) in [7, 11) is 3.97. The summed E-state index contributed by atoms with van der Waals surface area (Å²) in [5.74, 6) is 1.24. The molecule has 0 saturated carbocycles. The molecule has 2 rings (SSSR count). The van der Waals surface area contributed by atoms with Gasteiger partial charge in [-0.1, -0.05) is 24.6 Å². The van der Waals surface area contributed by atoms with E-state index in [-0.39, 0.29) is 0 Å². The Labute approximate surface area is 118 Å². The maximum atomic E-state index is 6.04. The zero-order valence-electron chi connectivity index (χ0n) is 11.2. The van der Waals surface area contributed by atoms with Gasteiger partial charge in [0.15, 0.2) is 0 Å². The van der Waals surface area contributed by atoms with Gasteiger partial charge in [0.1, 0.15) is 17.2 Å². The van der Waals surface area contributed by atoms with Gasteiger partial charge in [0.25, 0.3) is 0 Å². The predicted molar refractivity (Wildman–Crippen MR) is 77.3 cm³/mol. The van der Waals surface area contributed by atoms with Crippen molar-refractivity contribution in [3.05, 3.63) is 41.3 Å². The third kappa shape index (κ3) is 3.15. The van der Waals surface area contributed by atoms with Gasteiger partial charge >= 0.3 is 0 Å². The monoisotopic (exact) mass is 277 g/mol. The third-order valence-corrected chi connectivity index (χ3v) is 3.08. The lowest BCUT2D eigenvalue weighted by Crippen LogP contribution is -2.08. The molecule has 0 unspecified atom stereocenters. The van der Waals surface area contributed by atoms with Crippen LogP contribution < -0.4 is 9.64 Å². The molecular weight excluding hydrogens is 262 g/mol. The molecule has 0 atom stereocenters. The average Bonchev–Trinajstić information content (AvgIpc) is 2.39. The van der Waals surface area contributed by atoms with E-state index in [0.29, 0.717) is 11.0 Å². The van der Waals surface area contributed by atoms with Crippen molar-refractivity contribution in [2.75, 3.05) is 19.0 Å². The van der Waals surface area contributed by atoms with Crippen LogP contribution in [0.3, 0.4) is 0 Å². The molecule has 0 bridgehead atoms. The van der Waals surface area contributed by atoms with Crippen LogP contribution in [0, 0.1) is 0 Å². The number of benzene rings is 1. The number of halogens is 1. The standard InChI is InChI=1S/C14H16ClN3O/c1-4-12-13(15)16-9-17-14(12)19-11-7-5-6-10(8-11)18(2)3/h5-9H,4H2,1-3H3. The van der Waals surface area contributed by atoms with Crippen LogP contribution in [0.5, 0.6) is 11.6 Å². The predicted octanol–water partition coefficient (Wildman–Crippen LogP) is 3.55. The van der Waals surface area contributed by atoms with Crippen LogP contribution in [0.25, 0.3) is 0 Å². The molecule has 19 heavy (non-hydrogen) atoms. The molecule has 100 valence electrons. The fourth-order valence-electron chi connectivity index (χ4n) is 1.70. The maximum Gasteiger partial charge on any atom is 0.226 e. The first-order chi connectivity index (χ1) is 9.11. The minimum Gasteiger partial charge on any atom is -0.438 e. The second-order valence-corrected chi connectivity index (χ2v) is 4.65. The van der Waals surface area contributed by atoms with E-state index in [1.807, 2.05) is 50.2 Å². The van der Waals surface area contributed by atoms with Crippen molar-refractivity contribution in [3.8, 4) is 11.6 Å². The van der Waals surface area contributed by atoms with E-state index < -0.39 is 0 Å². The van der Waals surface area contributed by atoms with E-state index in [1.54, 1.807) is 0 Å². The van der Waals surface area contributed by atoms with E-state index in [1.165, 1.54) is 6.33 Å². The molecule has 0 amide bonds. The molecule has 1 aromatic carbocycles. The molecule has 0 aliphatic rings. The topological polar surface area (TPSA) is 38.3 Å². The quantitative estimate of drug-likeness (QED) is 0.801. The number of aromatic nitrogens is 2. The molecule has 0 fully saturated rings. The largest absolute Gasteiger partial charge is 0.438 e. The van der Waals surface area contributed by atoms with Gasteiger partial charge in [-0.25, -0.2) is 9.97 Å². The smallest absolute Gasteiger partial charge is 0.226 e. The van der Waals surface area contributed by atoms with E-state index in [4.69, 9.17) is 16.3 Å². The van der Waals surface area contributed by atoms with Crippen LogP contribution in [-0.4, -0.2) is 24.1 Å². The Morgan fingerprint density at radius 1 is 1.26 bits per heavy atom. The fourth-order valence-corrected chi connectivity index (χ4v) is 1.96. The van der Waals surface area contributed by atoms with Gasteiger partial charge in [0.05, 0.1) is 5.56 Å². The molecular formula is C14H16ClN3O. The van der Waals surface area contributed by atoms with Crippen LogP contribution in [0.1, 0.15) is 12.5 Å². The number of ether oxygens (including phenoxy) is 1. The molecule has 1 aromatic heterocycles. The van der Waals surface area contributed by atoms with Crippen molar-refractivity contribution < 1.29 is 4.74 Å². The van der Waals surface area contributed by atoms with Crippen molar-refractivity contribution in [2.24, 2.45) is 0 Å². The Morgan fingerprint density at radius 2 is 2.05 bits per heavy atom. The van der Waals surface area contributed by atoms with Gasteiger partial charge in [-0.3, -0.25) is 0 Å². The van der Waals surface area contributed by atoms with Gasteiger partial charge in [0, 0.05) is 25.8 Å². The van der Waals surface area contributed by atoms with Gasteiger partial charge in [-0.2, -0.15) is 0 Å². The lowest BCUT2D eigenvalue weighted by atomic mass is 10.2. The molecule has 4 nitrogen and oxygen atoms in total. The molecule has 5 heteroatoms. The zero-order chi connectivity index (χ0) is 13.8. The molecule has 0 aliphatic carbocycles. The molecule has 1 heterocycles. The van der Waals surface area contributed by atoms with Crippen molar-refractivity contribution >= 4 is 17.3 Å². The number of nitrogens with zero attached hydrogens (tertiary/aromatic N) is 3. The Kier molecular flexibility index (Phi) is 4.22. The van der Waals surface area contributed by atoms with E-state index >= 15 is 0 Å². The van der Waals surface area contributed by atoms with Gasteiger partial charge < -0.3 is 9.64 Å². The number of hydrogen-bond acceptors (Lipinski definition) is 4. The summed E-state index contributed by atoms with van der Waals surface area (Å²) in [5, 5.41) is 0.441. The summed E-state index contributed by atoms with van der Waals surface area (Å²) >= 11 is 6.04. The molecule has 2 aromatic rings. The average molecular weight is 278 g/mol. The lowest BCUT2D eigenvalue weighted by Gasteiger charge is -2.14. The van der Waals surface area contributed by atoms with Crippen molar-refractivity contribution in [1.82, 2.24) is 9.97 Å². The third-order valence-electron chi connectivity index (χ3n) is 2.76. The number of rotatable bonds is 4. The Morgan fingerprint density at radius 3 is 2.74 bits per heavy atom. The van der Waals surface area contributed by atoms with Gasteiger partial charge in [-0.15, -0.1) is 0 Å². The van der Waals surface area contributed by atoms with Crippen LogP contribution in [0.2, 0.25) is 5.15 Å². The first-order valence-electron chi connectivity index (χ1n) is 6.06. The summed E-state index contributed by atoms with van der Waals surface area (Å²) in [4.78, 5) is 10.1. The second kappa shape index (κ2) is 5.89. The van der Waals surface area contributed by atoms with Crippen LogP contribution in [0.4, 0.5) is 5.69 Å². The molecule has 0 N–H and O–H groups in total. The summed E-state index contributed by atoms with van der Waals surface area (Å²) in [6, 6.07) is 7.80. The van der Waals surface area contributed by atoms with Crippen molar-refractivity contribution in [3.63, 3.8) is 0 Å². The Hall–Kier alpha value is -1.81. The van der Waals surface area contributed by atoms with Crippen LogP contribution in [0.15, 0.2) is 30.6 Å². The lowest BCUT2D eigenvalue weighted by molar-refractivity contribution is 0.455. The number of hydrogen-bond donors (Lipinski definition) is 0. The highest BCUT2D eigenvalue weighted by molar-refractivity contribution is 6.30. The summed E-state index contributed by atoms with van der Waals surface area (Å²) in [5.41, 5.74) is 1.88. The summed E-state index contributed by atoms with van der Waals surface area (Å²) < 4.78 is 5.81. The summed E-state index contributed by atoms with van der Waals surface area (Å²) in [6.45, 7) is 1.99. The highest BCUT2D eigenvalue weighted by Crippen LogP contribution is 2.28. The SMILES string of the molecule is CCc1c(Cl)ncnc1Oc1cccc(N(C)C)c1. The minimum atomic E-state index is 0.441. The highest BCUT2D eigenvalue weighted by Gasteiger charge is 2.10.